The van der Waals surface area contributed by atoms with Gasteiger partial charge in [0.15, 0.2) is 0 Å². The van der Waals surface area contributed by atoms with E-state index in [-0.39, 0.29) is 35.5 Å². The van der Waals surface area contributed by atoms with E-state index < -0.39 is 11.3 Å². The Morgan fingerprint density at radius 1 is 1.09 bits per heavy atom. The SMILES string of the molecule is Cc1ccccc1CN1CCC(C2C3CC4CC(C3)C(C(N)=O)C2C4)C(C)(C(N)=O)C1=O. The van der Waals surface area contributed by atoms with Crippen molar-refractivity contribution in [2.45, 2.75) is 52.5 Å². The molecule has 4 bridgehead atoms. The van der Waals surface area contributed by atoms with E-state index in [2.05, 4.69) is 0 Å². The Balaban J connectivity index is 1.46. The molecule has 1 aliphatic heterocycles. The highest BCUT2D eigenvalue weighted by Crippen LogP contribution is 2.63. The predicted molar refractivity (Wildman–Crippen MR) is 121 cm³/mol. The number of rotatable bonds is 5. The van der Waals surface area contributed by atoms with Crippen LogP contribution in [0.5, 0.6) is 0 Å². The lowest BCUT2D eigenvalue weighted by atomic mass is 9.43. The van der Waals surface area contributed by atoms with Crippen molar-refractivity contribution in [2.75, 3.05) is 6.54 Å². The zero-order valence-electron chi connectivity index (χ0n) is 19.1. The van der Waals surface area contributed by atoms with Crippen molar-refractivity contribution in [3.05, 3.63) is 35.4 Å². The molecule has 4 N–H and O–H groups in total. The lowest BCUT2D eigenvalue weighted by molar-refractivity contribution is -0.175. The van der Waals surface area contributed by atoms with Gasteiger partial charge < -0.3 is 16.4 Å². The Hall–Kier alpha value is -2.37. The molecule has 172 valence electrons. The van der Waals surface area contributed by atoms with Gasteiger partial charge in [0.1, 0.15) is 5.41 Å². The maximum absolute atomic E-state index is 13.8. The highest BCUT2D eigenvalue weighted by Gasteiger charge is 2.62. The van der Waals surface area contributed by atoms with Gasteiger partial charge in [0.25, 0.3) is 0 Å². The molecular weight excluding hydrogens is 402 g/mol. The molecule has 5 aliphatic rings. The Morgan fingerprint density at radius 2 is 1.81 bits per heavy atom. The largest absolute Gasteiger partial charge is 0.369 e. The fourth-order valence-corrected chi connectivity index (χ4v) is 8.21. The molecule has 0 spiro atoms. The third-order valence-electron chi connectivity index (χ3n) is 9.60. The van der Waals surface area contributed by atoms with Gasteiger partial charge in [0.2, 0.25) is 17.7 Å². The number of carbonyl (C=O) groups is 3. The number of hydrogen-bond donors (Lipinski definition) is 2. The van der Waals surface area contributed by atoms with Crippen LogP contribution in [0.15, 0.2) is 24.3 Å². The first-order valence-corrected chi connectivity index (χ1v) is 12.1. The molecule has 0 radical (unpaired) electrons. The second kappa shape index (κ2) is 7.60. The van der Waals surface area contributed by atoms with Gasteiger partial charge in [-0.15, -0.1) is 0 Å². The second-order valence-electron chi connectivity index (χ2n) is 11.1. The molecular formula is C26H35N3O3. The van der Waals surface area contributed by atoms with Crippen LogP contribution >= 0.6 is 0 Å². The molecule has 4 saturated carbocycles. The summed E-state index contributed by atoms with van der Waals surface area (Å²) < 4.78 is 0. The van der Waals surface area contributed by atoms with Crippen molar-refractivity contribution >= 4 is 17.7 Å². The molecule has 1 aromatic rings. The van der Waals surface area contributed by atoms with Crippen LogP contribution in [0, 0.1) is 53.8 Å². The lowest BCUT2D eigenvalue weighted by Crippen LogP contribution is -2.64. The summed E-state index contributed by atoms with van der Waals surface area (Å²) in [6, 6.07) is 8.04. The first-order valence-electron chi connectivity index (χ1n) is 12.1. The summed E-state index contributed by atoms with van der Waals surface area (Å²) in [4.78, 5) is 40.9. The maximum atomic E-state index is 13.8. The summed E-state index contributed by atoms with van der Waals surface area (Å²) in [6.07, 6.45) is 4.99. The third-order valence-corrected chi connectivity index (χ3v) is 9.60. The molecule has 6 heteroatoms. The van der Waals surface area contributed by atoms with Crippen molar-refractivity contribution < 1.29 is 14.4 Å². The van der Waals surface area contributed by atoms with E-state index in [9.17, 15) is 14.4 Å². The molecule has 6 rings (SSSR count). The van der Waals surface area contributed by atoms with Crippen LogP contribution < -0.4 is 11.5 Å². The van der Waals surface area contributed by atoms with E-state index in [0.717, 1.165) is 43.2 Å². The molecule has 1 heterocycles. The van der Waals surface area contributed by atoms with Crippen molar-refractivity contribution in [1.82, 2.24) is 4.90 Å². The number of primary amides is 2. The van der Waals surface area contributed by atoms with Gasteiger partial charge in [0, 0.05) is 19.0 Å². The molecule has 5 fully saturated rings. The molecule has 6 nitrogen and oxygen atoms in total. The smallest absolute Gasteiger partial charge is 0.238 e. The average molecular weight is 438 g/mol. The normalized spacial score (nSPS) is 40.5. The van der Waals surface area contributed by atoms with E-state index in [0.29, 0.717) is 30.8 Å². The minimum absolute atomic E-state index is 0.120. The van der Waals surface area contributed by atoms with Crippen molar-refractivity contribution in [3.63, 3.8) is 0 Å². The van der Waals surface area contributed by atoms with Crippen molar-refractivity contribution in [3.8, 4) is 0 Å². The van der Waals surface area contributed by atoms with Gasteiger partial charge in [-0.2, -0.15) is 0 Å². The third kappa shape index (κ3) is 3.09. The highest BCUT2D eigenvalue weighted by atomic mass is 16.2. The van der Waals surface area contributed by atoms with Crippen LogP contribution in [-0.4, -0.2) is 29.2 Å². The van der Waals surface area contributed by atoms with Gasteiger partial charge >= 0.3 is 0 Å². The first kappa shape index (κ1) is 21.5. The standard InChI is InChI=1S/C26H35N3O3/c1-14-5-3-4-6-16(14)13-29-8-7-20(26(2,24(28)31)25(29)32)21-17-9-15-10-18(12-17)22(23(27)30)19(21)11-15/h3-6,15,17-22H,7-13H2,1-2H3,(H2,27,30)(H2,28,31). The summed E-state index contributed by atoms with van der Waals surface area (Å²) in [7, 11) is 0. The van der Waals surface area contributed by atoms with Gasteiger partial charge in [-0.3, -0.25) is 14.4 Å². The molecule has 8 atom stereocenters. The van der Waals surface area contributed by atoms with E-state index in [4.69, 9.17) is 11.5 Å². The van der Waals surface area contributed by atoms with E-state index in [1.807, 2.05) is 36.1 Å². The Labute approximate surface area is 190 Å². The predicted octanol–water partition coefficient (Wildman–Crippen LogP) is 2.62. The van der Waals surface area contributed by atoms with Crippen LogP contribution in [-0.2, 0) is 20.9 Å². The molecule has 4 aliphatic carbocycles. The number of piperidine rings is 1. The Morgan fingerprint density at radius 3 is 2.50 bits per heavy atom. The van der Waals surface area contributed by atoms with E-state index in [1.165, 1.54) is 0 Å². The van der Waals surface area contributed by atoms with Crippen LogP contribution in [0.3, 0.4) is 0 Å². The molecule has 0 aromatic heterocycles. The fraction of sp³-hybridized carbons (Fsp3) is 0.654. The van der Waals surface area contributed by atoms with Gasteiger partial charge in [0.05, 0.1) is 0 Å². The van der Waals surface area contributed by atoms with Crippen LogP contribution in [0.25, 0.3) is 0 Å². The first-order chi connectivity index (χ1) is 15.2. The summed E-state index contributed by atoms with van der Waals surface area (Å²) in [5.74, 6) is 0.712. The summed E-state index contributed by atoms with van der Waals surface area (Å²) in [6.45, 7) is 4.91. The topological polar surface area (TPSA) is 106 Å². The van der Waals surface area contributed by atoms with E-state index in [1.54, 1.807) is 6.92 Å². The van der Waals surface area contributed by atoms with Gasteiger partial charge in [-0.1, -0.05) is 24.3 Å². The summed E-state index contributed by atoms with van der Waals surface area (Å²) in [5.41, 5.74) is 12.8. The molecule has 1 aromatic carbocycles. The monoisotopic (exact) mass is 437 g/mol. The number of nitrogens with two attached hydrogens (primary N) is 2. The van der Waals surface area contributed by atoms with Crippen molar-refractivity contribution in [1.29, 1.82) is 0 Å². The van der Waals surface area contributed by atoms with Crippen molar-refractivity contribution in [2.24, 2.45) is 58.3 Å². The molecule has 1 saturated heterocycles. The zero-order valence-corrected chi connectivity index (χ0v) is 19.1. The quantitative estimate of drug-likeness (QED) is 0.692. The Kier molecular flexibility index (Phi) is 5.10. The minimum atomic E-state index is -1.25. The zero-order chi connectivity index (χ0) is 22.8. The van der Waals surface area contributed by atoms with Crippen LogP contribution in [0.1, 0.15) is 50.2 Å². The molecule has 3 amide bonds. The number of likely N-dealkylation sites (tertiary alicyclic amines) is 1. The Bertz CT molecular complexity index is 961. The van der Waals surface area contributed by atoms with E-state index >= 15 is 0 Å². The number of carbonyl (C=O) groups excluding carboxylic acids is 3. The fourth-order valence-electron chi connectivity index (χ4n) is 8.21. The number of nitrogens with zero attached hydrogens (tertiary/aromatic N) is 1. The maximum Gasteiger partial charge on any atom is 0.238 e. The summed E-state index contributed by atoms with van der Waals surface area (Å²) in [5, 5.41) is 0. The minimum Gasteiger partial charge on any atom is -0.369 e. The average Bonchev–Trinajstić information content (AvgIpc) is 2.73. The number of benzene rings is 1. The lowest BCUT2D eigenvalue weighted by Gasteiger charge is -2.61. The number of hydrogen-bond acceptors (Lipinski definition) is 3. The molecule has 32 heavy (non-hydrogen) atoms. The summed E-state index contributed by atoms with van der Waals surface area (Å²) >= 11 is 0. The van der Waals surface area contributed by atoms with Crippen LogP contribution in [0.4, 0.5) is 0 Å². The van der Waals surface area contributed by atoms with Gasteiger partial charge in [-0.05, 0) is 92.6 Å². The van der Waals surface area contributed by atoms with Crippen LogP contribution in [0.2, 0.25) is 0 Å². The molecule has 8 unspecified atom stereocenters. The number of amides is 3. The second-order valence-corrected chi connectivity index (χ2v) is 11.1. The number of aryl methyl sites for hydroxylation is 1. The highest BCUT2D eigenvalue weighted by molar-refractivity contribution is 6.04. The van der Waals surface area contributed by atoms with Gasteiger partial charge in [-0.25, -0.2) is 0 Å².